The van der Waals surface area contributed by atoms with E-state index in [9.17, 15) is 19.2 Å². The van der Waals surface area contributed by atoms with Crippen LogP contribution in [-0.2, 0) is 24.6 Å². The third-order valence-electron chi connectivity index (χ3n) is 4.28. The van der Waals surface area contributed by atoms with Crippen molar-refractivity contribution in [2.24, 2.45) is 14.1 Å². The van der Waals surface area contributed by atoms with Crippen molar-refractivity contribution in [1.82, 2.24) is 14.1 Å². The lowest BCUT2D eigenvalue weighted by molar-refractivity contribution is 0.0474. The summed E-state index contributed by atoms with van der Waals surface area (Å²) in [4.78, 5) is 53.8. The number of aromatic nitrogens is 3. The second-order valence-electron chi connectivity index (χ2n) is 6.26. The fraction of sp³-hybridized carbons (Fsp3) is 0.211. The minimum Gasteiger partial charge on any atom is -0.454 e. The molecule has 9 nitrogen and oxygen atoms in total. The van der Waals surface area contributed by atoms with E-state index in [1.54, 1.807) is 41.5 Å². The minimum atomic E-state index is -0.835. The van der Waals surface area contributed by atoms with Crippen LogP contribution in [0.15, 0.2) is 49.6 Å². The van der Waals surface area contributed by atoms with E-state index in [4.69, 9.17) is 10.5 Å². The molecule has 30 heavy (non-hydrogen) atoms. The number of carbonyl (C=O) groups is 2. The van der Waals surface area contributed by atoms with E-state index >= 15 is 0 Å². The SMILES string of the molecule is Cn1c(N)c(C(=O)COC(=O)c2ccc(SCc3cscn3)cc2)c(=O)n(C)c1=O. The van der Waals surface area contributed by atoms with Crippen LogP contribution in [0.2, 0.25) is 0 Å². The van der Waals surface area contributed by atoms with Crippen LogP contribution in [0, 0.1) is 0 Å². The number of nitrogens with two attached hydrogens (primary N) is 1. The lowest BCUT2D eigenvalue weighted by Gasteiger charge is -2.11. The van der Waals surface area contributed by atoms with Gasteiger partial charge in [-0.3, -0.25) is 18.7 Å². The zero-order valence-electron chi connectivity index (χ0n) is 16.2. The van der Waals surface area contributed by atoms with Gasteiger partial charge in [-0.25, -0.2) is 14.6 Å². The van der Waals surface area contributed by atoms with Crippen LogP contribution >= 0.6 is 23.1 Å². The van der Waals surface area contributed by atoms with Crippen molar-refractivity contribution in [3.63, 3.8) is 0 Å². The van der Waals surface area contributed by atoms with Crippen LogP contribution in [0.3, 0.4) is 0 Å². The van der Waals surface area contributed by atoms with Crippen LogP contribution in [0.4, 0.5) is 5.82 Å². The predicted molar refractivity (Wildman–Crippen MR) is 114 cm³/mol. The molecule has 11 heteroatoms. The smallest absolute Gasteiger partial charge is 0.338 e. The number of Topliss-reactive ketones (excluding diaryl/α,β-unsaturated/α-hetero) is 1. The number of thioether (sulfide) groups is 1. The largest absolute Gasteiger partial charge is 0.454 e. The third kappa shape index (κ3) is 4.52. The summed E-state index contributed by atoms with van der Waals surface area (Å²) < 4.78 is 6.78. The first-order chi connectivity index (χ1) is 14.3. The number of nitrogens with zero attached hydrogens (tertiary/aromatic N) is 3. The van der Waals surface area contributed by atoms with Crippen molar-refractivity contribution < 1.29 is 14.3 Å². The van der Waals surface area contributed by atoms with Gasteiger partial charge < -0.3 is 10.5 Å². The van der Waals surface area contributed by atoms with Gasteiger partial charge in [-0.2, -0.15) is 0 Å². The number of ether oxygens (including phenoxy) is 1. The number of nitrogen functional groups attached to an aromatic ring is 1. The normalized spacial score (nSPS) is 10.7. The highest BCUT2D eigenvalue weighted by molar-refractivity contribution is 7.98. The predicted octanol–water partition coefficient (Wildman–Crippen LogP) is 1.45. The van der Waals surface area contributed by atoms with Gasteiger partial charge in [-0.15, -0.1) is 23.1 Å². The Kier molecular flexibility index (Phi) is 6.53. The van der Waals surface area contributed by atoms with Crippen LogP contribution in [0.1, 0.15) is 26.4 Å². The molecule has 0 aliphatic carbocycles. The highest BCUT2D eigenvalue weighted by Gasteiger charge is 2.21. The van der Waals surface area contributed by atoms with E-state index in [1.165, 1.54) is 25.4 Å². The Balaban J connectivity index is 1.64. The molecule has 0 bridgehead atoms. The first-order valence-electron chi connectivity index (χ1n) is 8.65. The summed E-state index contributed by atoms with van der Waals surface area (Å²) in [6.07, 6.45) is 0. The van der Waals surface area contributed by atoms with Gasteiger partial charge in [0, 0.05) is 30.1 Å². The van der Waals surface area contributed by atoms with E-state index in [1.807, 2.05) is 5.38 Å². The standard InChI is InChI=1S/C19H18N4O5S2/c1-22-16(20)15(17(25)23(2)19(22)27)14(24)7-28-18(26)11-3-5-13(6-4-11)30-9-12-8-29-10-21-12/h3-6,8,10H,7,9,20H2,1-2H3. The molecule has 0 radical (unpaired) electrons. The highest BCUT2D eigenvalue weighted by atomic mass is 32.2. The molecule has 0 aliphatic heterocycles. The van der Waals surface area contributed by atoms with Crippen molar-refractivity contribution in [1.29, 1.82) is 0 Å². The van der Waals surface area contributed by atoms with Crippen molar-refractivity contribution >= 4 is 40.7 Å². The fourth-order valence-corrected chi connectivity index (χ4v) is 4.03. The lowest BCUT2D eigenvalue weighted by atomic mass is 10.2. The Bertz CT molecular complexity index is 1200. The molecule has 2 heterocycles. The lowest BCUT2D eigenvalue weighted by Crippen LogP contribution is -2.42. The summed E-state index contributed by atoms with van der Waals surface area (Å²) in [7, 11) is 2.58. The van der Waals surface area contributed by atoms with Crippen molar-refractivity contribution in [3.05, 3.63) is 72.8 Å². The third-order valence-corrected chi connectivity index (χ3v) is 5.96. The Labute approximate surface area is 179 Å². The number of esters is 1. The molecule has 0 fully saturated rings. The second-order valence-corrected chi connectivity index (χ2v) is 8.03. The van der Waals surface area contributed by atoms with Gasteiger partial charge in [-0.05, 0) is 24.3 Å². The van der Waals surface area contributed by atoms with E-state index < -0.39 is 29.6 Å². The summed E-state index contributed by atoms with van der Waals surface area (Å²) in [6.45, 7) is -0.670. The molecule has 3 rings (SSSR count). The fourth-order valence-electron chi connectivity index (χ4n) is 2.56. The first kappa shape index (κ1) is 21.5. The maximum Gasteiger partial charge on any atom is 0.338 e. The van der Waals surface area contributed by atoms with Crippen molar-refractivity contribution in [2.75, 3.05) is 12.3 Å². The number of hydrogen-bond donors (Lipinski definition) is 1. The maximum absolute atomic E-state index is 12.4. The number of ketones is 1. The van der Waals surface area contributed by atoms with Gasteiger partial charge in [-0.1, -0.05) is 0 Å². The average Bonchev–Trinajstić information content (AvgIpc) is 3.27. The molecule has 0 spiro atoms. The van der Waals surface area contributed by atoms with Crippen molar-refractivity contribution in [2.45, 2.75) is 10.6 Å². The molecule has 0 atom stereocenters. The van der Waals surface area contributed by atoms with Crippen LogP contribution in [0.5, 0.6) is 0 Å². The van der Waals surface area contributed by atoms with E-state index in [0.717, 1.165) is 25.5 Å². The molecule has 156 valence electrons. The number of carbonyl (C=O) groups excluding carboxylic acids is 2. The topological polar surface area (TPSA) is 126 Å². The number of benzene rings is 1. The van der Waals surface area contributed by atoms with Gasteiger partial charge in [0.25, 0.3) is 5.56 Å². The summed E-state index contributed by atoms with van der Waals surface area (Å²) in [5.41, 5.74) is 6.88. The van der Waals surface area contributed by atoms with Crippen molar-refractivity contribution in [3.8, 4) is 0 Å². The molecule has 0 saturated carbocycles. The van der Waals surface area contributed by atoms with Crippen LogP contribution < -0.4 is 17.0 Å². The summed E-state index contributed by atoms with van der Waals surface area (Å²) in [5.74, 6) is -1.05. The molecule has 2 N–H and O–H groups in total. The number of anilines is 1. The molecular formula is C19H18N4O5S2. The van der Waals surface area contributed by atoms with Gasteiger partial charge in [0.2, 0.25) is 5.78 Å². The van der Waals surface area contributed by atoms with Gasteiger partial charge >= 0.3 is 11.7 Å². The van der Waals surface area contributed by atoms with E-state index in [2.05, 4.69) is 4.98 Å². The highest BCUT2D eigenvalue weighted by Crippen LogP contribution is 2.23. The van der Waals surface area contributed by atoms with E-state index in [0.29, 0.717) is 0 Å². The molecule has 1 aromatic carbocycles. The molecular weight excluding hydrogens is 428 g/mol. The zero-order valence-corrected chi connectivity index (χ0v) is 17.8. The van der Waals surface area contributed by atoms with Crippen LogP contribution in [-0.4, -0.2) is 32.5 Å². The Hall–Kier alpha value is -3.18. The second kappa shape index (κ2) is 9.09. The summed E-state index contributed by atoms with van der Waals surface area (Å²) >= 11 is 3.11. The molecule has 2 aromatic heterocycles. The van der Waals surface area contributed by atoms with E-state index in [-0.39, 0.29) is 16.9 Å². The summed E-state index contributed by atoms with van der Waals surface area (Å²) in [5, 5.41) is 1.97. The molecule has 0 amide bonds. The zero-order chi connectivity index (χ0) is 21.8. The maximum atomic E-state index is 12.4. The molecule has 0 aliphatic rings. The van der Waals surface area contributed by atoms with Gasteiger partial charge in [0.05, 0.1) is 16.8 Å². The number of rotatable bonds is 7. The molecule has 3 aromatic rings. The minimum absolute atomic E-state index is 0.266. The quantitative estimate of drug-likeness (QED) is 0.328. The Morgan fingerprint density at radius 2 is 1.87 bits per heavy atom. The summed E-state index contributed by atoms with van der Waals surface area (Å²) in [6, 6.07) is 6.73. The Morgan fingerprint density at radius 3 is 2.50 bits per heavy atom. The first-order valence-corrected chi connectivity index (χ1v) is 10.6. The average molecular weight is 447 g/mol. The number of hydrogen-bond acceptors (Lipinski definition) is 9. The monoisotopic (exact) mass is 446 g/mol. The number of thiazole rings is 1. The van der Waals surface area contributed by atoms with Crippen LogP contribution in [0.25, 0.3) is 0 Å². The van der Waals surface area contributed by atoms with Gasteiger partial charge in [0.1, 0.15) is 11.4 Å². The Morgan fingerprint density at radius 1 is 1.17 bits per heavy atom. The van der Waals surface area contributed by atoms with Gasteiger partial charge in [0.15, 0.2) is 6.61 Å². The molecule has 0 saturated heterocycles. The molecule has 0 unspecified atom stereocenters.